The smallest absolute Gasteiger partial charge is 0.223 e. The van der Waals surface area contributed by atoms with E-state index in [2.05, 4.69) is 47.4 Å². The van der Waals surface area contributed by atoms with Crippen LogP contribution < -0.4 is 18.9 Å². The van der Waals surface area contributed by atoms with E-state index in [1.54, 1.807) is 27.5 Å². The standard InChI is InChI=1S/C35H38N2O6/c1-39-32-13-9-27(34(40-2)35(32)41-3)11-14-33(38)37-16-17-42-18-19-43-31-12-10-28(29-8-5-15-36-23-29)22-30(31)21-25-6-4-7-26(20-25)24-37/h4-10,12-13,15,20,22-23H,11,14,16-19,21,24H2,1-3H3. The monoisotopic (exact) mass is 582 g/mol. The number of amides is 1. The molecule has 43 heavy (non-hydrogen) atoms. The second-order valence-corrected chi connectivity index (χ2v) is 10.3. The largest absolute Gasteiger partial charge is 0.493 e. The molecule has 8 nitrogen and oxygen atoms in total. The molecule has 0 unspecified atom stereocenters. The molecular weight excluding hydrogens is 544 g/mol. The van der Waals surface area contributed by atoms with Gasteiger partial charge in [-0.1, -0.05) is 42.5 Å². The minimum Gasteiger partial charge on any atom is -0.493 e. The first-order valence-corrected chi connectivity index (χ1v) is 14.5. The van der Waals surface area contributed by atoms with Crippen molar-refractivity contribution >= 4 is 5.91 Å². The van der Waals surface area contributed by atoms with Gasteiger partial charge in [0.15, 0.2) is 11.5 Å². The molecule has 3 aromatic carbocycles. The number of hydrogen-bond acceptors (Lipinski definition) is 7. The maximum Gasteiger partial charge on any atom is 0.223 e. The zero-order valence-electron chi connectivity index (χ0n) is 25.0. The number of aryl methyl sites for hydroxylation is 1. The van der Waals surface area contributed by atoms with E-state index in [9.17, 15) is 4.79 Å². The lowest BCUT2D eigenvalue weighted by Crippen LogP contribution is -2.34. The van der Waals surface area contributed by atoms with Crippen LogP contribution in [-0.2, 0) is 28.9 Å². The van der Waals surface area contributed by atoms with E-state index in [1.165, 1.54) is 0 Å². The highest BCUT2D eigenvalue weighted by molar-refractivity contribution is 5.77. The Hall–Kier alpha value is -4.56. The van der Waals surface area contributed by atoms with Gasteiger partial charge in [0.25, 0.3) is 0 Å². The number of carbonyl (C=O) groups excluding carboxylic acids is 1. The minimum atomic E-state index is 0.0423. The predicted octanol–water partition coefficient (Wildman–Crippen LogP) is 5.74. The van der Waals surface area contributed by atoms with Gasteiger partial charge in [-0.2, -0.15) is 0 Å². The fraction of sp³-hybridized carbons (Fsp3) is 0.314. The van der Waals surface area contributed by atoms with E-state index < -0.39 is 0 Å². The minimum absolute atomic E-state index is 0.0423. The number of nitrogens with zero attached hydrogens (tertiary/aromatic N) is 2. The highest BCUT2D eigenvalue weighted by atomic mass is 16.5. The molecule has 2 heterocycles. The molecule has 1 amide bonds. The lowest BCUT2D eigenvalue weighted by molar-refractivity contribution is -0.132. The normalized spacial score (nSPS) is 13.7. The summed E-state index contributed by atoms with van der Waals surface area (Å²) in [6, 6.07) is 22.4. The van der Waals surface area contributed by atoms with Crippen molar-refractivity contribution in [2.75, 3.05) is 47.7 Å². The van der Waals surface area contributed by atoms with Gasteiger partial charge in [-0.25, -0.2) is 0 Å². The Kier molecular flexibility index (Phi) is 10.1. The molecule has 0 radical (unpaired) electrons. The summed E-state index contributed by atoms with van der Waals surface area (Å²) in [6.45, 7) is 2.25. The lowest BCUT2D eigenvalue weighted by Gasteiger charge is -2.24. The number of rotatable bonds is 7. The number of benzene rings is 3. The number of carbonyl (C=O) groups is 1. The first-order chi connectivity index (χ1) is 21.1. The molecule has 0 atom stereocenters. The van der Waals surface area contributed by atoms with Gasteiger partial charge in [-0.15, -0.1) is 0 Å². The Morgan fingerprint density at radius 1 is 0.860 bits per heavy atom. The molecule has 8 heteroatoms. The topological polar surface area (TPSA) is 79.4 Å². The van der Waals surface area contributed by atoms with E-state index in [4.69, 9.17) is 23.7 Å². The molecule has 0 saturated carbocycles. The summed E-state index contributed by atoms with van der Waals surface area (Å²) in [5, 5.41) is 0. The first kappa shape index (κ1) is 29.9. The Bertz CT molecular complexity index is 1520. The average Bonchev–Trinajstić information content (AvgIpc) is 3.04. The summed E-state index contributed by atoms with van der Waals surface area (Å²) in [5.74, 6) is 2.58. The van der Waals surface area contributed by atoms with Crippen molar-refractivity contribution in [3.63, 3.8) is 0 Å². The summed E-state index contributed by atoms with van der Waals surface area (Å²) >= 11 is 0. The second-order valence-electron chi connectivity index (χ2n) is 10.3. The lowest BCUT2D eigenvalue weighted by atomic mass is 9.98. The van der Waals surface area contributed by atoms with E-state index in [0.717, 1.165) is 39.1 Å². The van der Waals surface area contributed by atoms with Crippen LogP contribution in [0.1, 0.15) is 28.7 Å². The molecule has 1 aromatic heterocycles. The zero-order valence-corrected chi connectivity index (χ0v) is 25.0. The summed E-state index contributed by atoms with van der Waals surface area (Å²) in [4.78, 5) is 19.7. The van der Waals surface area contributed by atoms with Crippen LogP contribution in [0.2, 0.25) is 0 Å². The van der Waals surface area contributed by atoms with Crippen LogP contribution in [0.25, 0.3) is 11.1 Å². The molecule has 4 aromatic rings. The summed E-state index contributed by atoms with van der Waals surface area (Å²) < 4.78 is 28.6. The van der Waals surface area contributed by atoms with Gasteiger partial charge in [0, 0.05) is 43.9 Å². The molecule has 0 saturated heterocycles. The molecule has 1 aliphatic heterocycles. The summed E-state index contributed by atoms with van der Waals surface area (Å²) in [6.07, 6.45) is 5.17. The Balaban J connectivity index is 1.35. The van der Waals surface area contributed by atoms with Crippen molar-refractivity contribution in [2.45, 2.75) is 25.8 Å². The van der Waals surface area contributed by atoms with Crippen LogP contribution in [0, 0.1) is 0 Å². The molecule has 5 rings (SSSR count). The van der Waals surface area contributed by atoms with E-state index in [1.807, 2.05) is 35.4 Å². The maximum absolute atomic E-state index is 13.6. The molecule has 2 bridgehead atoms. The number of ether oxygens (including phenoxy) is 5. The third-order valence-corrected chi connectivity index (χ3v) is 7.55. The SMILES string of the molecule is COc1ccc(CCC(=O)N2CCOCCOc3ccc(-c4cccnc4)cc3Cc3cccc(c3)C2)c(OC)c1OC. The number of methoxy groups -OCH3 is 3. The van der Waals surface area contributed by atoms with E-state index in [0.29, 0.717) is 69.4 Å². The van der Waals surface area contributed by atoms with Crippen molar-refractivity contribution in [2.24, 2.45) is 0 Å². The highest BCUT2D eigenvalue weighted by Crippen LogP contribution is 2.40. The van der Waals surface area contributed by atoms with Crippen LogP contribution in [0.3, 0.4) is 0 Å². The van der Waals surface area contributed by atoms with Crippen molar-refractivity contribution < 1.29 is 28.5 Å². The molecule has 224 valence electrons. The fourth-order valence-electron chi connectivity index (χ4n) is 5.39. The second kappa shape index (κ2) is 14.6. The molecule has 0 aliphatic carbocycles. The number of fused-ring (bicyclic) bond motifs is 3. The first-order valence-electron chi connectivity index (χ1n) is 14.5. The number of hydrogen-bond donors (Lipinski definition) is 0. The maximum atomic E-state index is 13.6. The fourth-order valence-corrected chi connectivity index (χ4v) is 5.39. The van der Waals surface area contributed by atoms with Gasteiger partial charge in [0.05, 0.1) is 34.5 Å². The zero-order chi connectivity index (χ0) is 30.0. The van der Waals surface area contributed by atoms with Crippen LogP contribution in [-0.4, -0.2) is 63.5 Å². The van der Waals surface area contributed by atoms with Gasteiger partial charge in [0.2, 0.25) is 11.7 Å². The van der Waals surface area contributed by atoms with Crippen molar-refractivity contribution in [3.05, 3.63) is 101 Å². The number of aromatic nitrogens is 1. The van der Waals surface area contributed by atoms with Crippen LogP contribution in [0.15, 0.2) is 79.1 Å². The Labute approximate surface area is 253 Å². The quantitative estimate of drug-likeness (QED) is 0.275. The Morgan fingerprint density at radius 2 is 1.72 bits per heavy atom. The van der Waals surface area contributed by atoms with Crippen LogP contribution >= 0.6 is 0 Å². The Morgan fingerprint density at radius 3 is 2.51 bits per heavy atom. The van der Waals surface area contributed by atoms with Gasteiger partial charge in [0.1, 0.15) is 12.4 Å². The van der Waals surface area contributed by atoms with Gasteiger partial charge >= 0.3 is 0 Å². The highest BCUT2D eigenvalue weighted by Gasteiger charge is 2.20. The van der Waals surface area contributed by atoms with Crippen molar-refractivity contribution in [1.82, 2.24) is 9.88 Å². The van der Waals surface area contributed by atoms with Crippen molar-refractivity contribution in [3.8, 4) is 34.1 Å². The van der Waals surface area contributed by atoms with E-state index >= 15 is 0 Å². The number of pyridine rings is 1. The van der Waals surface area contributed by atoms with Crippen LogP contribution in [0.4, 0.5) is 0 Å². The molecule has 1 aliphatic rings. The summed E-state index contributed by atoms with van der Waals surface area (Å²) in [5.41, 5.74) is 6.34. The van der Waals surface area contributed by atoms with Gasteiger partial charge in [-0.3, -0.25) is 9.78 Å². The third kappa shape index (κ3) is 7.45. The molecule has 0 spiro atoms. The van der Waals surface area contributed by atoms with Crippen LogP contribution in [0.5, 0.6) is 23.0 Å². The summed E-state index contributed by atoms with van der Waals surface area (Å²) in [7, 11) is 4.76. The average molecular weight is 583 g/mol. The van der Waals surface area contributed by atoms with Gasteiger partial charge < -0.3 is 28.6 Å². The third-order valence-electron chi connectivity index (χ3n) is 7.55. The molecule has 0 fully saturated rings. The van der Waals surface area contributed by atoms with Gasteiger partial charge in [-0.05, 0) is 58.5 Å². The molecular formula is C35H38N2O6. The predicted molar refractivity (Wildman–Crippen MR) is 165 cm³/mol. The van der Waals surface area contributed by atoms with E-state index in [-0.39, 0.29) is 5.91 Å². The van der Waals surface area contributed by atoms with Crippen molar-refractivity contribution in [1.29, 1.82) is 0 Å². The molecule has 0 N–H and O–H groups in total.